The monoisotopic (exact) mass is 366 g/mol. The van der Waals surface area contributed by atoms with E-state index in [-0.39, 0.29) is 29.2 Å². The molecule has 0 heterocycles. The van der Waals surface area contributed by atoms with Crippen LogP contribution in [0.15, 0.2) is 36.4 Å². The average molecular weight is 366 g/mol. The summed E-state index contributed by atoms with van der Waals surface area (Å²) in [6.45, 7) is 3.53. The summed E-state index contributed by atoms with van der Waals surface area (Å²) in [7, 11) is 0. The van der Waals surface area contributed by atoms with Crippen molar-refractivity contribution in [3.8, 4) is 0 Å². The van der Waals surface area contributed by atoms with Crippen molar-refractivity contribution < 1.29 is 32.2 Å². The topological polar surface area (TPSA) is 52.6 Å². The highest BCUT2D eigenvalue weighted by atomic mass is 19.2. The van der Waals surface area contributed by atoms with Crippen molar-refractivity contribution in [2.75, 3.05) is 6.61 Å². The molecule has 0 aliphatic rings. The number of hydrogen-bond acceptors (Lipinski definition) is 4. The molecular weight excluding hydrogens is 349 g/mol. The van der Waals surface area contributed by atoms with Crippen LogP contribution in [0.2, 0.25) is 0 Å². The van der Waals surface area contributed by atoms with Crippen LogP contribution in [0.3, 0.4) is 0 Å². The van der Waals surface area contributed by atoms with E-state index in [1.165, 1.54) is 24.3 Å². The molecule has 0 aliphatic heterocycles. The van der Waals surface area contributed by atoms with Gasteiger partial charge in [0, 0.05) is 11.6 Å². The van der Waals surface area contributed by atoms with Crippen LogP contribution in [0, 0.1) is 23.4 Å². The Morgan fingerprint density at radius 2 is 1.35 bits per heavy atom. The minimum atomic E-state index is -1.32. The molecule has 138 valence electrons. The molecule has 0 N–H and O–H groups in total. The van der Waals surface area contributed by atoms with Crippen molar-refractivity contribution in [1.82, 2.24) is 0 Å². The van der Waals surface area contributed by atoms with Gasteiger partial charge in [0.2, 0.25) is 0 Å². The summed E-state index contributed by atoms with van der Waals surface area (Å²) in [5.41, 5.74) is 0.105. The van der Waals surface area contributed by atoms with Crippen molar-refractivity contribution in [3.63, 3.8) is 0 Å². The molecule has 0 bridgehead atoms. The SMILES string of the molecule is CC(C)COC(=O)c1ccc(C(=O)OCc2cc(F)c(F)cc2F)cc1. The number of benzene rings is 2. The lowest BCUT2D eigenvalue weighted by Crippen LogP contribution is -2.11. The Bertz CT molecular complexity index is 801. The van der Waals surface area contributed by atoms with Gasteiger partial charge in [-0.05, 0) is 36.2 Å². The summed E-state index contributed by atoms with van der Waals surface area (Å²) in [6, 6.07) is 6.53. The second-order valence-corrected chi connectivity index (χ2v) is 6.00. The Morgan fingerprint density at radius 3 is 1.88 bits per heavy atom. The van der Waals surface area contributed by atoms with Gasteiger partial charge in [-0.15, -0.1) is 0 Å². The molecule has 2 aromatic carbocycles. The van der Waals surface area contributed by atoms with Gasteiger partial charge < -0.3 is 9.47 Å². The van der Waals surface area contributed by atoms with Crippen LogP contribution >= 0.6 is 0 Å². The fourth-order valence-electron chi connectivity index (χ4n) is 1.97. The van der Waals surface area contributed by atoms with Crippen LogP contribution in [-0.2, 0) is 16.1 Å². The number of rotatable bonds is 6. The second kappa shape index (κ2) is 8.51. The first-order valence-corrected chi connectivity index (χ1v) is 7.85. The molecule has 0 fully saturated rings. The maximum Gasteiger partial charge on any atom is 0.338 e. The molecule has 0 saturated heterocycles. The van der Waals surface area contributed by atoms with Crippen molar-refractivity contribution in [1.29, 1.82) is 0 Å². The number of halogens is 3. The van der Waals surface area contributed by atoms with E-state index >= 15 is 0 Å². The number of esters is 2. The first-order chi connectivity index (χ1) is 12.3. The highest BCUT2D eigenvalue weighted by Crippen LogP contribution is 2.16. The van der Waals surface area contributed by atoms with E-state index in [0.717, 1.165) is 0 Å². The normalized spacial score (nSPS) is 10.7. The molecule has 0 amide bonds. The molecule has 0 unspecified atom stereocenters. The van der Waals surface area contributed by atoms with Gasteiger partial charge >= 0.3 is 11.9 Å². The zero-order chi connectivity index (χ0) is 19.3. The maximum atomic E-state index is 13.5. The van der Waals surface area contributed by atoms with Crippen molar-refractivity contribution in [3.05, 3.63) is 70.5 Å². The zero-order valence-electron chi connectivity index (χ0n) is 14.2. The van der Waals surface area contributed by atoms with Crippen molar-refractivity contribution in [2.45, 2.75) is 20.5 Å². The van der Waals surface area contributed by atoms with Gasteiger partial charge in [-0.25, -0.2) is 22.8 Å². The van der Waals surface area contributed by atoms with Crippen LogP contribution in [-0.4, -0.2) is 18.5 Å². The Morgan fingerprint density at radius 1 is 0.846 bits per heavy atom. The third kappa shape index (κ3) is 5.08. The lowest BCUT2D eigenvalue weighted by molar-refractivity contribution is 0.0449. The summed E-state index contributed by atoms with van der Waals surface area (Å²) >= 11 is 0. The second-order valence-electron chi connectivity index (χ2n) is 6.00. The van der Waals surface area contributed by atoms with Crippen LogP contribution in [0.4, 0.5) is 13.2 Å². The highest BCUT2D eigenvalue weighted by molar-refractivity contribution is 5.93. The van der Waals surface area contributed by atoms with Crippen molar-refractivity contribution >= 4 is 11.9 Å². The van der Waals surface area contributed by atoms with E-state index in [2.05, 4.69) is 0 Å². The van der Waals surface area contributed by atoms with Crippen LogP contribution in [0.25, 0.3) is 0 Å². The summed E-state index contributed by atoms with van der Waals surface area (Å²) < 4.78 is 49.4. The van der Waals surface area contributed by atoms with Crippen molar-refractivity contribution in [2.24, 2.45) is 5.92 Å². The van der Waals surface area contributed by atoms with E-state index in [4.69, 9.17) is 9.47 Å². The minimum Gasteiger partial charge on any atom is -0.462 e. The Hall–Kier alpha value is -2.83. The predicted molar refractivity (Wildman–Crippen MR) is 87.0 cm³/mol. The van der Waals surface area contributed by atoms with Gasteiger partial charge in [0.15, 0.2) is 11.6 Å². The van der Waals surface area contributed by atoms with Gasteiger partial charge in [0.25, 0.3) is 0 Å². The van der Waals surface area contributed by atoms with Crippen LogP contribution in [0.5, 0.6) is 0 Å². The van der Waals surface area contributed by atoms with E-state index in [9.17, 15) is 22.8 Å². The van der Waals surface area contributed by atoms with E-state index in [1.54, 1.807) is 0 Å². The molecule has 7 heteroatoms. The van der Waals surface area contributed by atoms with Crippen LogP contribution < -0.4 is 0 Å². The predicted octanol–water partition coefficient (Wildman–Crippen LogP) is 4.27. The Balaban J connectivity index is 1.98. The molecular formula is C19H17F3O4. The Labute approximate surface area is 148 Å². The van der Waals surface area contributed by atoms with E-state index in [1.807, 2.05) is 13.8 Å². The number of carbonyl (C=O) groups is 2. The average Bonchev–Trinajstić information content (AvgIpc) is 2.61. The molecule has 0 aromatic heterocycles. The van der Waals surface area contributed by atoms with E-state index < -0.39 is 36.0 Å². The third-order valence-corrected chi connectivity index (χ3v) is 3.35. The van der Waals surface area contributed by atoms with Gasteiger partial charge in [0.05, 0.1) is 17.7 Å². The molecule has 0 spiro atoms. The first kappa shape index (κ1) is 19.5. The molecule has 4 nitrogen and oxygen atoms in total. The van der Waals surface area contributed by atoms with Crippen LogP contribution in [0.1, 0.15) is 40.1 Å². The maximum absolute atomic E-state index is 13.5. The smallest absolute Gasteiger partial charge is 0.338 e. The quantitative estimate of drug-likeness (QED) is 0.566. The number of carbonyl (C=O) groups excluding carboxylic acids is 2. The largest absolute Gasteiger partial charge is 0.462 e. The number of ether oxygens (including phenoxy) is 2. The summed E-state index contributed by atoms with van der Waals surface area (Å²) in [5.74, 6) is -4.68. The molecule has 2 aromatic rings. The minimum absolute atomic E-state index is 0.119. The first-order valence-electron chi connectivity index (χ1n) is 7.85. The zero-order valence-corrected chi connectivity index (χ0v) is 14.2. The standard InChI is InChI=1S/C19H17F3O4/c1-11(2)9-25-18(23)12-3-5-13(6-4-12)19(24)26-10-14-7-16(21)17(22)8-15(14)20/h3-8,11H,9-10H2,1-2H3. The molecule has 26 heavy (non-hydrogen) atoms. The third-order valence-electron chi connectivity index (χ3n) is 3.35. The summed E-state index contributed by atoms with van der Waals surface area (Å²) in [4.78, 5) is 23.7. The molecule has 2 rings (SSSR count). The summed E-state index contributed by atoms with van der Waals surface area (Å²) in [6.07, 6.45) is 0. The number of hydrogen-bond donors (Lipinski definition) is 0. The summed E-state index contributed by atoms with van der Waals surface area (Å²) in [5, 5.41) is 0. The lowest BCUT2D eigenvalue weighted by atomic mass is 10.1. The molecule has 0 saturated carbocycles. The molecule has 0 radical (unpaired) electrons. The fourth-order valence-corrected chi connectivity index (χ4v) is 1.97. The lowest BCUT2D eigenvalue weighted by Gasteiger charge is -2.08. The van der Waals surface area contributed by atoms with Gasteiger partial charge in [-0.3, -0.25) is 0 Å². The van der Waals surface area contributed by atoms with Gasteiger partial charge in [0.1, 0.15) is 12.4 Å². The van der Waals surface area contributed by atoms with Gasteiger partial charge in [-0.1, -0.05) is 13.8 Å². The fraction of sp³-hybridized carbons (Fsp3) is 0.263. The Kier molecular flexibility index (Phi) is 6.38. The molecule has 0 atom stereocenters. The van der Waals surface area contributed by atoms with E-state index in [0.29, 0.717) is 12.1 Å². The van der Waals surface area contributed by atoms with Gasteiger partial charge in [-0.2, -0.15) is 0 Å². The highest BCUT2D eigenvalue weighted by Gasteiger charge is 2.14. The molecule has 0 aliphatic carbocycles.